The lowest BCUT2D eigenvalue weighted by molar-refractivity contribution is -0.141. The predicted octanol–water partition coefficient (Wildman–Crippen LogP) is 2.97. The zero-order valence-corrected chi connectivity index (χ0v) is 18.4. The summed E-state index contributed by atoms with van der Waals surface area (Å²) in [5.74, 6) is 1.31. The number of benzene rings is 1. The van der Waals surface area contributed by atoms with Gasteiger partial charge in [-0.3, -0.25) is 9.59 Å². The van der Waals surface area contributed by atoms with E-state index in [4.69, 9.17) is 14.2 Å². The first-order valence-corrected chi connectivity index (χ1v) is 11.0. The van der Waals surface area contributed by atoms with Crippen LogP contribution in [0.4, 0.5) is 0 Å². The van der Waals surface area contributed by atoms with Gasteiger partial charge in [0.1, 0.15) is 0 Å². The summed E-state index contributed by atoms with van der Waals surface area (Å²) in [6.07, 6.45) is 4.59. The average Bonchev–Trinajstić information content (AvgIpc) is 2.81. The maximum absolute atomic E-state index is 13.0. The van der Waals surface area contributed by atoms with Crippen LogP contribution in [0.25, 0.3) is 0 Å². The zero-order chi connectivity index (χ0) is 21.5. The van der Waals surface area contributed by atoms with Crippen LogP contribution >= 0.6 is 0 Å². The molecule has 0 spiro atoms. The number of methoxy groups -OCH3 is 2. The third kappa shape index (κ3) is 5.25. The molecule has 0 saturated carbocycles. The van der Waals surface area contributed by atoms with E-state index in [-0.39, 0.29) is 23.8 Å². The number of hydrogen-bond donors (Lipinski definition) is 0. The van der Waals surface area contributed by atoms with Gasteiger partial charge >= 0.3 is 0 Å². The molecular weight excluding hydrogens is 384 g/mol. The second-order valence-corrected chi connectivity index (χ2v) is 8.06. The van der Waals surface area contributed by atoms with Crippen LogP contribution in [-0.2, 0) is 9.53 Å². The summed E-state index contributed by atoms with van der Waals surface area (Å²) in [6, 6.07) is 5.21. The minimum absolute atomic E-state index is 0.00983. The Kier molecular flexibility index (Phi) is 7.96. The number of amides is 2. The molecule has 1 aromatic carbocycles. The zero-order valence-electron chi connectivity index (χ0n) is 18.4. The first-order chi connectivity index (χ1) is 14.6. The van der Waals surface area contributed by atoms with Crippen LogP contribution in [0, 0.1) is 5.92 Å². The molecule has 0 bridgehead atoms. The fourth-order valence-electron chi connectivity index (χ4n) is 4.30. The van der Waals surface area contributed by atoms with E-state index in [1.54, 1.807) is 32.4 Å². The normalized spacial score (nSPS) is 20.2. The number of nitrogens with zero attached hydrogens (tertiary/aromatic N) is 2. The fourth-order valence-corrected chi connectivity index (χ4v) is 4.30. The van der Waals surface area contributed by atoms with Crippen molar-refractivity contribution in [3.63, 3.8) is 0 Å². The Morgan fingerprint density at radius 2 is 1.73 bits per heavy atom. The van der Waals surface area contributed by atoms with E-state index < -0.39 is 0 Å². The highest BCUT2D eigenvalue weighted by Crippen LogP contribution is 2.29. The van der Waals surface area contributed by atoms with Crippen LogP contribution in [-0.4, -0.2) is 74.7 Å². The van der Waals surface area contributed by atoms with Gasteiger partial charge in [-0.1, -0.05) is 6.92 Å². The highest BCUT2D eigenvalue weighted by Gasteiger charge is 2.33. The molecule has 2 saturated heterocycles. The lowest BCUT2D eigenvalue weighted by Gasteiger charge is -2.37. The van der Waals surface area contributed by atoms with Gasteiger partial charge < -0.3 is 24.0 Å². The smallest absolute Gasteiger partial charge is 0.253 e. The van der Waals surface area contributed by atoms with Crippen LogP contribution < -0.4 is 9.47 Å². The molecule has 2 aliphatic heterocycles. The molecule has 3 rings (SSSR count). The Bertz CT molecular complexity index is 730. The Morgan fingerprint density at radius 1 is 1.00 bits per heavy atom. The number of ether oxygens (including phenoxy) is 3. The van der Waals surface area contributed by atoms with E-state index in [9.17, 15) is 9.59 Å². The molecule has 0 radical (unpaired) electrons. The number of rotatable bonds is 7. The molecule has 166 valence electrons. The van der Waals surface area contributed by atoms with E-state index in [2.05, 4.69) is 6.92 Å². The van der Waals surface area contributed by atoms with Crippen LogP contribution in [0.1, 0.15) is 49.4 Å². The van der Waals surface area contributed by atoms with Gasteiger partial charge in [0.15, 0.2) is 11.5 Å². The Balaban J connectivity index is 1.54. The summed E-state index contributed by atoms with van der Waals surface area (Å²) in [6.45, 7) is 5.55. The average molecular weight is 419 g/mol. The molecule has 2 fully saturated rings. The summed E-state index contributed by atoms with van der Waals surface area (Å²) >= 11 is 0. The van der Waals surface area contributed by atoms with Gasteiger partial charge in [-0.05, 0) is 50.3 Å². The molecule has 2 amide bonds. The summed E-state index contributed by atoms with van der Waals surface area (Å²) in [5, 5.41) is 0. The molecule has 1 unspecified atom stereocenters. The van der Waals surface area contributed by atoms with Crippen molar-refractivity contribution >= 4 is 11.8 Å². The number of hydrogen-bond acceptors (Lipinski definition) is 5. The van der Waals surface area contributed by atoms with Gasteiger partial charge in [0.25, 0.3) is 5.91 Å². The van der Waals surface area contributed by atoms with E-state index in [0.717, 1.165) is 32.4 Å². The van der Waals surface area contributed by atoms with Gasteiger partial charge in [0.05, 0.1) is 20.3 Å². The van der Waals surface area contributed by atoms with Crippen LogP contribution in [0.15, 0.2) is 18.2 Å². The lowest BCUT2D eigenvalue weighted by atomic mass is 9.93. The van der Waals surface area contributed by atoms with Gasteiger partial charge in [0, 0.05) is 44.3 Å². The van der Waals surface area contributed by atoms with Gasteiger partial charge in [0.2, 0.25) is 5.91 Å². The summed E-state index contributed by atoms with van der Waals surface area (Å²) in [7, 11) is 3.13. The van der Waals surface area contributed by atoms with E-state index in [1.807, 2.05) is 9.80 Å². The second kappa shape index (κ2) is 10.7. The van der Waals surface area contributed by atoms with E-state index >= 15 is 0 Å². The lowest BCUT2D eigenvalue weighted by Crippen LogP contribution is -2.48. The Labute approximate surface area is 179 Å². The fraction of sp³-hybridized carbons (Fsp3) is 0.652. The van der Waals surface area contributed by atoms with Crippen molar-refractivity contribution < 1.29 is 23.8 Å². The summed E-state index contributed by atoms with van der Waals surface area (Å²) < 4.78 is 16.4. The van der Waals surface area contributed by atoms with Gasteiger partial charge in [-0.2, -0.15) is 0 Å². The Hall–Kier alpha value is -2.28. The van der Waals surface area contributed by atoms with E-state index in [1.165, 1.54) is 0 Å². The number of carbonyl (C=O) groups is 2. The van der Waals surface area contributed by atoms with Crippen LogP contribution in [0.5, 0.6) is 11.5 Å². The molecular formula is C23H34N2O5. The van der Waals surface area contributed by atoms with Crippen LogP contribution in [0.2, 0.25) is 0 Å². The third-order valence-corrected chi connectivity index (χ3v) is 6.01. The molecule has 0 aliphatic carbocycles. The quantitative estimate of drug-likeness (QED) is 0.681. The SMILES string of the molecule is CCCOC1CCCN(C(=O)C2CCN(C(=O)c3ccc(OC)c(OC)c3)CC2)C1. The second-order valence-electron chi connectivity index (χ2n) is 8.06. The van der Waals surface area contributed by atoms with Crippen molar-refractivity contribution in [2.24, 2.45) is 5.92 Å². The molecule has 1 aromatic rings. The summed E-state index contributed by atoms with van der Waals surface area (Å²) in [4.78, 5) is 29.7. The first-order valence-electron chi connectivity index (χ1n) is 11.0. The molecule has 30 heavy (non-hydrogen) atoms. The van der Waals surface area contributed by atoms with Crippen molar-refractivity contribution in [2.45, 2.75) is 45.1 Å². The van der Waals surface area contributed by atoms with Gasteiger partial charge in [-0.25, -0.2) is 0 Å². The topological polar surface area (TPSA) is 68.3 Å². The first kappa shape index (κ1) is 22.4. The predicted molar refractivity (Wildman–Crippen MR) is 114 cm³/mol. The monoisotopic (exact) mass is 418 g/mol. The molecule has 0 N–H and O–H groups in total. The molecule has 0 aromatic heterocycles. The highest BCUT2D eigenvalue weighted by molar-refractivity contribution is 5.95. The molecule has 1 atom stereocenters. The number of piperidine rings is 2. The summed E-state index contributed by atoms with van der Waals surface area (Å²) in [5.41, 5.74) is 0.573. The largest absolute Gasteiger partial charge is 0.493 e. The van der Waals surface area contributed by atoms with Crippen molar-refractivity contribution in [1.29, 1.82) is 0 Å². The maximum atomic E-state index is 13.0. The van der Waals surface area contributed by atoms with E-state index in [0.29, 0.717) is 49.5 Å². The minimum atomic E-state index is -0.0344. The third-order valence-electron chi connectivity index (χ3n) is 6.01. The number of likely N-dealkylation sites (tertiary alicyclic amines) is 2. The molecule has 2 aliphatic rings. The van der Waals surface area contributed by atoms with Crippen molar-refractivity contribution in [2.75, 3.05) is 47.0 Å². The molecule has 7 nitrogen and oxygen atoms in total. The maximum Gasteiger partial charge on any atom is 0.253 e. The standard InChI is InChI=1S/C23H34N2O5/c1-4-14-30-19-6-5-11-25(16-19)22(26)17-9-12-24(13-10-17)23(27)18-7-8-20(28-2)21(15-18)29-3/h7-8,15,17,19H,4-6,9-14,16H2,1-3H3. The van der Waals surface area contributed by atoms with Crippen molar-refractivity contribution in [3.8, 4) is 11.5 Å². The van der Waals surface area contributed by atoms with Gasteiger partial charge in [-0.15, -0.1) is 0 Å². The van der Waals surface area contributed by atoms with Crippen molar-refractivity contribution in [1.82, 2.24) is 9.80 Å². The molecule has 7 heteroatoms. The van der Waals surface area contributed by atoms with Crippen LogP contribution in [0.3, 0.4) is 0 Å². The molecule has 2 heterocycles. The highest BCUT2D eigenvalue weighted by atomic mass is 16.5. The van der Waals surface area contributed by atoms with Crippen molar-refractivity contribution in [3.05, 3.63) is 23.8 Å². The minimum Gasteiger partial charge on any atom is -0.493 e. The number of carbonyl (C=O) groups excluding carboxylic acids is 2. The Morgan fingerprint density at radius 3 is 2.40 bits per heavy atom.